The molecular formula is C26H31N7O5S. The molecule has 1 aliphatic heterocycles. The predicted molar refractivity (Wildman–Crippen MR) is 146 cm³/mol. The van der Waals surface area contributed by atoms with Crippen molar-refractivity contribution in [1.82, 2.24) is 30.1 Å². The zero-order valence-corrected chi connectivity index (χ0v) is 23.3. The van der Waals surface area contributed by atoms with Gasteiger partial charge in [0, 0.05) is 38.2 Å². The molecular weight excluding hydrogens is 522 g/mol. The largest absolute Gasteiger partial charge is 0.444 e. The fourth-order valence-electron chi connectivity index (χ4n) is 4.14. The number of para-hydroxylation sites is 2. The van der Waals surface area contributed by atoms with Crippen LogP contribution in [0.15, 0.2) is 34.6 Å². The lowest BCUT2D eigenvalue weighted by atomic mass is 9.98. The number of carbonyl (C=O) groups is 4. The summed E-state index contributed by atoms with van der Waals surface area (Å²) in [6, 6.07) is 7.02. The summed E-state index contributed by atoms with van der Waals surface area (Å²) < 4.78 is 6.75. The normalized spacial score (nSPS) is 14.8. The standard InChI is InChI=1S/C26H31N7O5S/c1-15(34)27-23(31-24-29-18-8-6-7-9-20(18)33(24)16(2)35)30-21(36)19-14-39-22(28-19)17-10-12-32(13-11-17)25(37)38-26(3,4)5/h6-9,14,17H,10-13H2,1-5H3,(H2,27,29,30,31,34,36). The molecule has 206 valence electrons. The van der Waals surface area contributed by atoms with E-state index in [0.29, 0.717) is 37.0 Å². The number of fused-ring (bicyclic) bond motifs is 1. The Balaban J connectivity index is 1.47. The number of thiazole rings is 1. The van der Waals surface area contributed by atoms with Gasteiger partial charge in [0.15, 0.2) is 0 Å². The first-order chi connectivity index (χ1) is 18.4. The lowest BCUT2D eigenvalue weighted by Gasteiger charge is -2.32. The molecule has 1 aromatic carbocycles. The lowest BCUT2D eigenvalue weighted by molar-refractivity contribution is -0.117. The number of guanidine groups is 1. The molecule has 1 aliphatic rings. The number of nitrogens with zero attached hydrogens (tertiary/aromatic N) is 5. The van der Waals surface area contributed by atoms with Crippen LogP contribution in [-0.4, -0.2) is 67.9 Å². The number of aromatic nitrogens is 3. The molecule has 0 bridgehead atoms. The Morgan fingerprint density at radius 2 is 1.74 bits per heavy atom. The second kappa shape index (κ2) is 11.3. The van der Waals surface area contributed by atoms with E-state index in [2.05, 4.69) is 25.6 Å². The molecule has 0 aliphatic carbocycles. The van der Waals surface area contributed by atoms with E-state index < -0.39 is 17.4 Å². The van der Waals surface area contributed by atoms with Crippen LogP contribution in [0.5, 0.6) is 0 Å². The van der Waals surface area contributed by atoms with Crippen molar-refractivity contribution in [3.63, 3.8) is 0 Å². The highest BCUT2D eigenvalue weighted by Crippen LogP contribution is 2.31. The Morgan fingerprint density at radius 3 is 2.38 bits per heavy atom. The summed E-state index contributed by atoms with van der Waals surface area (Å²) in [7, 11) is 0. The van der Waals surface area contributed by atoms with Crippen LogP contribution in [0, 0.1) is 0 Å². The van der Waals surface area contributed by atoms with E-state index in [0.717, 1.165) is 5.01 Å². The highest BCUT2D eigenvalue weighted by atomic mass is 32.1. The van der Waals surface area contributed by atoms with Crippen LogP contribution in [0.2, 0.25) is 0 Å². The Morgan fingerprint density at radius 1 is 1.05 bits per heavy atom. The maximum Gasteiger partial charge on any atom is 0.410 e. The minimum Gasteiger partial charge on any atom is -0.444 e. The van der Waals surface area contributed by atoms with Gasteiger partial charge in [-0.15, -0.1) is 11.3 Å². The van der Waals surface area contributed by atoms with Crippen LogP contribution in [-0.2, 0) is 9.53 Å². The molecule has 0 atom stereocenters. The van der Waals surface area contributed by atoms with Crippen molar-refractivity contribution in [1.29, 1.82) is 0 Å². The molecule has 39 heavy (non-hydrogen) atoms. The number of aliphatic imine (C=N–C) groups is 1. The fourth-order valence-corrected chi connectivity index (χ4v) is 5.11. The number of imidazole rings is 1. The minimum atomic E-state index is -0.568. The van der Waals surface area contributed by atoms with E-state index in [9.17, 15) is 19.2 Å². The monoisotopic (exact) mass is 553 g/mol. The van der Waals surface area contributed by atoms with Crippen LogP contribution in [0.4, 0.5) is 10.7 Å². The van der Waals surface area contributed by atoms with E-state index in [1.54, 1.807) is 34.5 Å². The first kappa shape index (κ1) is 27.9. The fraction of sp³-hybridized carbons (Fsp3) is 0.423. The maximum absolute atomic E-state index is 13.0. The molecule has 0 spiro atoms. The average Bonchev–Trinajstić information content (AvgIpc) is 3.48. The molecule has 0 unspecified atom stereocenters. The molecule has 13 heteroatoms. The molecule has 3 amide bonds. The van der Waals surface area contributed by atoms with Gasteiger partial charge in [-0.2, -0.15) is 4.99 Å². The first-order valence-corrected chi connectivity index (χ1v) is 13.4. The number of benzene rings is 1. The Labute approximate surface area is 229 Å². The zero-order valence-electron chi connectivity index (χ0n) is 22.5. The summed E-state index contributed by atoms with van der Waals surface area (Å²) in [6.45, 7) is 9.23. The van der Waals surface area contributed by atoms with Gasteiger partial charge in [0.25, 0.3) is 5.91 Å². The highest BCUT2D eigenvalue weighted by molar-refractivity contribution is 7.09. The number of carbonyl (C=O) groups excluding carboxylic acids is 4. The number of hydrogen-bond donors (Lipinski definition) is 2. The third kappa shape index (κ3) is 6.85. The number of piperidine rings is 1. The summed E-state index contributed by atoms with van der Waals surface area (Å²) in [4.78, 5) is 64.3. The van der Waals surface area contributed by atoms with E-state index in [-0.39, 0.29) is 35.5 Å². The topological polar surface area (TPSA) is 148 Å². The SMILES string of the molecule is CC(=O)N/C(=N/c1nc2ccccc2n1C(C)=O)NC(=O)c1csc(C2CCN(C(=O)OC(C)(C)C)CC2)n1. The summed E-state index contributed by atoms with van der Waals surface area (Å²) in [6.07, 6.45) is 1.07. The molecule has 2 aromatic heterocycles. The second-order valence-electron chi connectivity index (χ2n) is 10.2. The van der Waals surface area contributed by atoms with Crippen molar-refractivity contribution in [2.75, 3.05) is 13.1 Å². The van der Waals surface area contributed by atoms with Gasteiger partial charge in [0.2, 0.25) is 23.7 Å². The third-order valence-corrected chi connectivity index (χ3v) is 6.85. The van der Waals surface area contributed by atoms with E-state index in [4.69, 9.17) is 4.74 Å². The molecule has 3 heterocycles. The number of nitrogens with one attached hydrogen (secondary N) is 2. The van der Waals surface area contributed by atoms with Crippen LogP contribution in [0.1, 0.15) is 73.7 Å². The Hall–Kier alpha value is -4.13. The van der Waals surface area contributed by atoms with E-state index in [1.165, 1.54) is 29.8 Å². The molecule has 0 saturated carbocycles. The summed E-state index contributed by atoms with van der Waals surface area (Å²) in [5.41, 5.74) is 0.715. The highest BCUT2D eigenvalue weighted by Gasteiger charge is 2.29. The summed E-state index contributed by atoms with van der Waals surface area (Å²) in [5.74, 6) is -1.40. The van der Waals surface area contributed by atoms with Crippen LogP contribution in [0.3, 0.4) is 0 Å². The average molecular weight is 554 g/mol. The van der Waals surface area contributed by atoms with Gasteiger partial charge in [-0.05, 0) is 45.7 Å². The van der Waals surface area contributed by atoms with Gasteiger partial charge in [0.1, 0.15) is 11.3 Å². The van der Waals surface area contributed by atoms with Crippen molar-refractivity contribution in [3.8, 4) is 0 Å². The molecule has 12 nitrogen and oxygen atoms in total. The smallest absolute Gasteiger partial charge is 0.410 e. The third-order valence-electron chi connectivity index (χ3n) is 5.85. The Kier molecular flexibility index (Phi) is 8.09. The van der Waals surface area contributed by atoms with Crippen molar-refractivity contribution >= 4 is 58.1 Å². The maximum atomic E-state index is 13.0. The molecule has 2 N–H and O–H groups in total. The van der Waals surface area contributed by atoms with Gasteiger partial charge in [-0.25, -0.2) is 19.3 Å². The number of amides is 3. The van der Waals surface area contributed by atoms with Gasteiger partial charge < -0.3 is 9.64 Å². The van der Waals surface area contributed by atoms with E-state index in [1.807, 2.05) is 20.8 Å². The lowest BCUT2D eigenvalue weighted by Crippen LogP contribution is -2.43. The van der Waals surface area contributed by atoms with Gasteiger partial charge in [-0.1, -0.05) is 12.1 Å². The first-order valence-electron chi connectivity index (χ1n) is 12.5. The molecule has 4 rings (SSSR count). The molecule has 1 fully saturated rings. The van der Waals surface area contributed by atoms with Crippen molar-refractivity contribution in [2.45, 2.75) is 59.0 Å². The molecule has 3 aromatic rings. The van der Waals surface area contributed by atoms with Gasteiger partial charge in [-0.3, -0.25) is 25.0 Å². The van der Waals surface area contributed by atoms with Crippen LogP contribution >= 0.6 is 11.3 Å². The molecule has 1 saturated heterocycles. The molecule has 0 radical (unpaired) electrons. The number of likely N-dealkylation sites (tertiary alicyclic amines) is 1. The Bertz CT molecular complexity index is 1440. The van der Waals surface area contributed by atoms with Crippen LogP contribution < -0.4 is 10.6 Å². The summed E-state index contributed by atoms with van der Waals surface area (Å²) in [5, 5.41) is 7.49. The minimum absolute atomic E-state index is 0.0171. The van der Waals surface area contributed by atoms with Crippen molar-refractivity contribution in [3.05, 3.63) is 40.3 Å². The van der Waals surface area contributed by atoms with Crippen LogP contribution in [0.25, 0.3) is 11.0 Å². The second-order valence-corrected chi connectivity index (χ2v) is 11.1. The number of ether oxygens (including phenoxy) is 1. The predicted octanol–water partition coefficient (Wildman–Crippen LogP) is 3.82. The number of hydrogen-bond acceptors (Lipinski definition) is 9. The quantitative estimate of drug-likeness (QED) is 0.370. The van der Waals surface area contributed by atoms with Gasteiger partial charge in [0.05, 0.1) is 16.0 Å². The van der Waals surface area contributed by atoms with E-state index >= 15 is 0 Å². The number of rotatable bonds is 3. The van der Waals surface area contributed by atoms with Crippen molar-refractivity contribution in [2.24, 2.45) is 4.99 Å². The van der Waals surface area contributed by atoms with Gasteiger partial charge >= 0.3 is 6.09 Å². The van der Waals surface area contributed by atoms with Crippen molar-refractivity contribution < 1.29 is 23.9 Å². The summed E-state index contributed by atoms with van der Waals surface area (Å²) >= 11 is 1.36. The zero-order chi connectivity index (χ0) is 28.3.